The predicted octanol–water partition coefficient (Wildman–Crippen LogP) is -0.157. The van der Waals surface area contributed by atoms with Crippen molar-refractivity contribution in [2.24, 2.45) is 5.73 Å². The summed E-state index contributed by atoms with van der Waals surface area (Å²) in [5, 5.41) is 2.41. The summed E-state index contributed by atoms with van der Waals surface area (Å²) >= 11 is 0. The van der Waals surface area contributed by atoms with E-state index in [1.165, 1.54) is 31.3 Å². The topological polar surface area (TPSA) is 137 Å². The Morgan fingerprint density at radius 2 is 1.76 bits per heavy atom. The third-order valence-corrected chi connectivity index (χ3v) is 4.52. The van der Waals surface area contributed by atoms with Gasteiger partial charge >= 0.3 is 5.97 Å². The van der Waals surface area contributed by atoms with Crippen molar-refractivity contribution in [1.29, 1.82) is 0 Å². The number of esters is 1. The Morgan fingerprint density at radius 1 is 1.10 bits per heavy atom. The highest BCUT2D eigenvalue weighted by Gasteiger charge is 2.31. The van der Waals surface area contributed by atoms with Gasteiger partial charge in [-0.1, -0.05) is 0 Å². The molecule has 10 nitrogen and oxygen atoms in total. The third kappa shape index (κ3) is 6.09. The second-order valence-corrected chi connectivity index (χ2v) is 6.45. The first-order chi connectivity index (χ1) is 13.8. The van der Waals surface area contributed by atoms with Gasteiger partial charge in [0, 0.05) is 18.2 Å². The van der Waals surface area contributed by atoms with Crippen molar-refractivity contribution in [3.8, 4) is 11.5 Å². The zero-order valence-corrected chi connectivity index (χ0v) is 16.4. The fourth-order valence-corrected chi connectivity index (χ4v) is 3.00. The number of nitrogens with zero attached hydrogens (tertiary/aromatic N) is 1. The van der Waals surface area contributed by atoms with E-state index in [1.54, 1.807) is 6.07 Å². The van der Waals surface area contributed by atoms with E-state index in [9.17, 15) is 19.2 Å². The molecular formula is C19H25N3O7. The van der Waals surface area contributed by atoms with Crippen LogP contribution in [0.3, 0.4) is 0 Å². The second-order valence-electron chi connectivity index (χ2n) is 6.45. The molecule has 158 valence electrons. The fraction of sp³-hybridized carbons (Fsp3) is 0.474. The maximum Gasteiger partial charge on any atom is 0.325 e. The summed E-state index contributed by atoms with van der Waals surface area (Å²) in [5.74, 6) is -1.54. The number of rotatable bonds is 8. The molecule has 1 aliphatic rings. The van der Waals surface area contributed by atoms with Crippen LogP contribution in [0.2, 0.25) is 0 Å². The van der Waals surface area contributed by atoms with Gasteiger partial charge in [-0.2, -0.15) is 0 Å². The summed E-state index contributed by atoms with van der Waals surface area (Å²) in [6, 6.07) is 3.91. The van der Waals surface area contributed by atoms with Crippen LogP contribution in [0, 0.1) is 0 Å². The number of nitrogens with two attached hydrogens (primary N) is 1. The van der Waals surface area contributed by atoms with Crippen LogP contribution in [-0.2, 0) is 19.1 Å². The fourth-order valence-electron chi connectivity index (χ4n) is 3.00. The van der Waals surface area contributed by atoms with E-state index in [2.05, 4.69) is 5.32 Å². The summed E-state index contributed by atoms with van der Waals surface area (Å²) in [6.07, 6.45) is 2.05. The van der Waals surface area contributed by atoms with E-state index in [0.29, 0.717) is 24.5 Å². The Bertz CT molecular complexity index is 759. The highest BCUT2D eigenvalue weighted by molar-refractivity contribution is 5.97. The smallest absolute Gasteiger partial charge is 0.325 e. The number of nitrogens with one attached hydrogen (secondary N) is 1. The Hall–Kier alpha value is -3.30. The van der Waals surface area contributed by atoms with Gasteiger partial charge in [-0.3, -0.25) is 19.2 Å². The van der Waals surface area contributed by atoms with Gasteiger partial charge in [0.25, 0.3) is 11.8 Å². The zero-order chi connectivity index (χ0) is 21.4. The van der Waals surface area contributed by atoms with Gasteiger partial charge in [-0.15, -0.1) is 0 Å². The summed E-state index contributed by atoms with van der Waals surface area (Å²) in [5.41, 5.74) is 5.56. The Balaban J connectivity index is 1.84. The Kier molecular flexibility index (Phi) is 7.81. The van der Waals surface area contributed by atoms with Crippen LogP contribution in [0.25, 0.3) is 0 Å². The third-order valence-electron chi connectivity index (χ3n) is 4.52. The van der Waals surface area contributed by atoms with Crippen molar-refractivity contribution in [3.05, 3.63) is 23.8 Å². The second kappa shape index (κ2) is 10.3. The van der Waals surface area contributed by atoms with E-state index in [-0.39, 0.29) is 5.56 Å². The summed E-state index contributed by atoms with van der Waals surface area (Å²) in [7, 11) is 2.91. The first-order valence-corrected chi connectivity index (χ1v) is 9.11. The van der Waals surface area contributed by atoms with Gasteiger partial charge in [0.2, 0.25) is 5.91 Å². The van der Waals surface area contributed by atoms with Gasteiger partial charge in [0.05, 0.1) is 14.2 Å². The molecule has 3 N–H and O–H groups in total. The van der Waals surface area contributed by atoms with Crippen molar-refractivity contribution in [2.75, 3.05) is 33.9 Å². The molecule has 0 aliphatic carbocycles. The van der Waals surface area contributed by atoms with Crippen molar-refractivity contribution >= 4 is 23.7 Å². The van der Waals surface area contributed by atoms with Crippen molar-refractivity contribution in [3.63, 3.8) is 0 Å². The molecule has 10 heteroatoms. The maximum absolute atomic E-state index is 12.2. The van der Waals surface area contributed by atoms with Gasteiger partial charge in [0.15, 0.2) is 6.61 Å². The van der Waals surface area contributed by atoms with Crippen LogP contribution in [-0.4, -0.2) is 68.5 Å². The lowest BCUT2D eigenvalue weighted by Gasteiger charge is -2.33. The average molecular weight is 407 g/mol. The molecule has 0 bridgehead atoms. The molecule has 29 heavy (non-hydrogen) atoms. The molecule has 2 rings (SSSR count). The van der Waals surface area contributed by atoms with E-state index < -0.39 is 42.9 Å². The van der Waals surface area contributed by atoms with Gasteiger partial charge in [-0.05, 0) is 31.4 Å². The molecule has 1 atom stereocenters. The monoisotopic (exact) mass is 407 g/mol. The maximum atomic E-state index is 12.2. The normalized spacial score (nSPS) is 15.9. The molecule has 1 fully saturated rings. The number of hydrogen-bond acceptors (Lipinski definition) is 7. The van der Waals surface area contributed by atoms with Crippen molar-refractivity contribution < 1.29 is 33.4 Å². The molecule has 0 radical (unpaired) electrons. The Labute approximate surface area is 168 Å². The van der Waals surface area contributed by atoms with Gasteiger partial charge in [-0.25, -0.2) is 0 Å². The van der Waals surface area contributed by atoms with Crippen LogP contribution in [0.1, 0.15) is 29.6 Å². The molecule has 3 amide bonds. The number of benzene rings is 1. The summed E-state index contributed by atoms with van der Waals surface area (Å²) in [6.45, 7) is -0.561. The quantitative estimate of drug-likeness (QED) is 0.571. The van der Waals surface area contributed by atoms with E-state index >= 15 is 0 Å². The lowest BCUT2D eigenvalue weighted by Crippen LogP contribution is -2.51. The van der Waals surface area contributed by atoms with Crippen molar-refractivity contribution in [1.82, 2.24) is 10.2 Å². The number of carbonyl (C=O) groups excluding carboxylic acids is 4. The van der Waals surface area contributed by atoms with Crippen LogP contribution >= 0.6 is 0 Å². The van der Waals surface area contributed by atoms with Crippen LogP contribution < -0.4 is 20.5 Å². The standard InChI is InChI=1S/C19H25N3O7/c1-27-13-7-12(8-14(9-13)28-2)19(26)21-10-17(24)29-11-16(23)22-6-4-3-5-15(22)18(20)25/h7-9,15H,3-6,10-11H2,1-2H3,(H2,20,25)(H,21,26)/t15-/m0/s1. The number of likely N-dealkylation sites (tertiary alicyclic amines) is 1. The SMILES string of the molecule is COc1cc(OC)cc(C(=O)NCC(=O)OCC(=O)N2CCCC[C@H]2C(N)=O)c1. The molecule has 1 saturated heterocycles. The molecule has 1 aromatic rings. The molecule has 1 aliphatic heterocycles. The number of carbonyl (C=O) groups is 4. The zero-order valence-electron chi connectivity index (χ0n) is 16.4. The van der Waals surface area contributed by atoms with E-state index in [1.807, 2.05) is 0 Å². The largest absolute Gasteiger partial charge is 0.497 e. The Morgan fingerprint density at radius 3 is 2.34 bits per heavy atom. The molecule has 1 aromatic carbocycles. The lowest BCUT2D eigenvalue weighted by molar-refractivity contribution is -0.154. The minimum atomic E-state index is -0.783. The minimum absolute atomic E-state index is 0.239. The van der Waals surface area contributed by atoms with Crippen LogP contribution in [0.5, 0.6) is 11.5 Å². The number of ether oxygens (including phenoxy) is 3. The molecule has 0 saturated carbocycles. The summed E-state index contributed by atoms with van der Waals surface area (Å²) in [4.78, 5) is 49.2. The van der Waals surface area contributed by atoms with E-state index in [4.69, 9.17) is 19.9 Å². The van der Waals surface area contributed by atoms with Crippen LogP contribution in [0.4, 0.5) is 0 Å². The van der Waals surface area contributed by atoms with Gasteiger partial charge in [0.1, 0.15) is 24.1 Å². The van der Waals surface area contributed by atoms with Crippen LogP contribution in [0.15, 0.2) is 18.2 Å². The highest BCUT2D eigenvalue weighted by Crippen LogP contribution is 2.22. The summed E-state index contributed by atoms with van der Waals surface area (Å²) < 4.78 is 15.1. The molecule has 0 spiro atoms. The average Bonchev–Trinajstić information content (AvgIpc) is 2.75. The lowest BCUT2D eigenvalue weighted by atomic mass is 10.0. The minimum Gasteiger partial charge on any atom is -0.497 e. The molecule has 1 heterocycles. The number of amides is 3. The molecule has 0 unspecified atom stereocenters. The van der Waals surface area contributed by atoms with Crippen molar-refractivity contribution in [2.45, 2.75) is 25.3 Å². The first kappa shape index (κ1) is 22.0. The molecular weight excluding hydrogens is 382 g/mol. The number of methoxy groups -OCH3 is 2. The first-order valence-electron chi connectivity index (χ1n) is 9.11. The number of hydrogen-bond donors (Lipinski definition) is 2. The van der Waals surface area contributed by atoms with Gasteiger partial charge < -0.3 is 30.2 Å². The highest BCUT2D eigenvalue weighted by atomic mass is 16.5. The predicted molar refractivity (Wildman–Crippen MR) is 101 cm³/mol. The number of piperidine rings is 1. The van der Waals surface area contributed by atoms with E-state index in [0.717, 1.165) is 12.8 Å². The molecule has 0 aromatic heterocycles. The number of primary amides is 1.